The second-order valence-corrected chi connectivity index (χ2v) is 2.10. The molecule has 0 amide bonds. The van der Waals surface area contributed by atoms with Crippen LogP contribution >= 0.6 is 0 Å². The van der Waals surface area contributed by atoms with Crippen molar-refractivity contribution in [3.63, 3.8) is 0 Å². The van der Waals surface area contributed by atoms with E-state index in [1.54, 1.807) is 0 Å². The van der Waals surface area contributed by atoms with E-state index < -0.39 is 28.7 Å². The Balaban J connectivity index is 3.19. The minimum Gasteiger partial charge on any atom is -0.358 e. The zero-order valence-electron chi connectivity index (χ0n) is 6.08. The minimum absolute atomic E-state index is 0.590. The molecule has 4 nitrogen and oxygen atoms in total. The van der Waals surface area contributed by atoms with Gasteiger partial charge in [-0.15, -0.1) is 0 Å². The Bertz CT molecular complexity index is 343. The van der Waals surface area contributed by atoms with Crippen LogP contribution in [0.5, 0.6) is 0 Å². The molecule has 0 atom stereocenters. The molecule has 1 aromatic rings. The molecule has 0 saturated heterocycles. The summed E-state index contributed by atoms with van der Waals surface area (Å²) in [5, 5.41) is 10.1. The van der Waals surface area contributed by atoms with Crippen LogP contribution in [0.3, 0.4) is 0 Å². The average Bonchev–Trinajstić information content (AvgIpc) is 2.04. The Kier molecular flexibility index (Phi) is 2.45. The molecular formula is C6H3F3N2O2. The highest BCUT2D eigenvalue weighted by Gasteiger charge is 2.22. The molecule has 1 aromatic heterocycles. The van der Waals surface area contributed by atoms with Crippen LogP contribution in [0.25, 0.3) is 0 Å². The number of halogens is 3. The van der Waals surface area contributed by atoms with Crippen LogP contribution in [0.15, 0.2) is 12.1 Å². The van der Waals surface area contributed by atoms with Crippen LogP contribution < -0.4 is 0 Å². The number of rotatable bonds is 2. The van der Waals surface area contributed by atoms with Crippen molar-refractivity contribution < 1.29 is 18.1 Å². The number of alkyl halides is 2. The van der Waals surface area contributed by atoms with E-state index in [9.17, 15) is 23.3 Å². The molecule has 0 aliphatic heterocycles. The quantitative estimate of drug-likeness (QED) is 0.532. The molecular weight excluding hydrogens is 189 g/mol. The van der Waals surface area contributed by atoms with E-state index >= 15 is 0 Å². The summed E-state index contributed by atoms with van der Waals surface area (Å²) in [6.07, 6.45) is -2.95. The third-order valence-corrected chi connectivity index (χ3v) is 1.25. The van der Waals surface area contributed by atoms with Gasteiger partial charge in [-0.05, 0) is 22.0 Å². The van der Waals surface area contributed by atoms with Crippen molar-refractivity contribution >= 4 is 5.82 Å². The van der Waals surface area contributed by atoms with Gasteiger partial charge in [0.1, 0.15) is 0 Å². The van der Waals surface area contributed by atoms with E-state index in [0.29, 0.717) is 12.1 Å². The molecule has 70 valence electrons. The molecule has 0 aromatic carbocycles. The summed E-state index contributed by atoms with van der Waals surface area (Å²) in [6, 6.07) is 1.29. The maximum absolute atomic E-state index is 12.5. The zero-order valence-corrected chi connectivity index (χ0v) is 6.08. The van der Waals surface area contributed by atoms with Gasteiger partial charge in [-0.2, -0.15) is 4.39 Å². The van der Waals surface area contributed by atoms with Crippen molar-refractivity contribution in [2.24, 2.45) is 0 Å². The van der Waals surface area contributed by atoms with Crippen molar-refractivity contribution in [3.8, 4) is 0 Å². The van der Waals surface area contributed by atoms with Gasteiger partial charge in [0.15, 0.2) is 0 Å². The van der Waals surface area contributed by atoms with Gasteiger partial charge in [0.05, 0.1) is 0 Å². The van der Waals surface area contributed by atoms with Gasteiger partial charge in [-0.1, -0.05) is 0 Å². The van der Waals surface area contributed by atoms with Gasteiger partial charge in [-0.25, -0.2) is 8.78 Å². The number of pyridine rings is 1. The first-order chi connectivity index (χ1) is 6.02. The van der Waals surface area contributed by atoms with Gasteiger partial charge in [0.25, 0.3) is 0 Å². The highest BCUT2D eigenvalue weighted by molar-refractivity contribution is 5.24. The maximum Gasteiger partial charge on any atom is 0.400 e. The Morgan fingerprint density at radius 3 is 2.54 bits per heavy atom. The van der Waals surface area contributed by atoms with Crippen molar-refractivity contribution in [2.75, 3.05) is 0 Å². The molecule has 0 radical (unpaired) electrons. The fraction of sp³-hybridized carbons (Fsp3) is 0.167. The molecule has 0 aliphatic rings. The third-order valence-electron chi connectivity index (χ3n) is 1.25. The molecule has 0 aliphatic carbocycles. The van der Waals surface area contributed by atoms with Crippen LogP contribution in [0.2, 0.25) is 0 Å². The summed E-state index contributed by atoms with van der Waals surface area (Å²) in [5.41, 5.74) is -0.812. The highest BCUT2D eigenvalue weighted by Crippen LogP contribution is 2.21. The summed E-state index contributed by atoms with van der Waals surface area (Å²) >= 11 is 0. The maximum atomic E-state index is 12.5. The van der Waals surface area contributed by atoms with Crippen molar-refractivity contribution in [1.29, 1.82) is 0 Å². The van der Waals surface area contributed by atoms with Crippen LogP contribution in [-0.4, -0.2) is 9.91 Å². The lowest BCUT2D eigenvalue weighted by Gasteiger charge is -1.95. The number of nitrogens with zero attached hydrogens (tertiary/aromatic N) is 2. The van der Waals surface area contributed by atoms with Crippen LogP contribution in [0.1, 0.15) is 12.1 Å². The largest absolute Gasteiger partial charge is 0.400 e. The van der Waals surface area contributed by atoms with Gasteiger partial charge in [-0.3, -0.25) is 0 Å². The van der Waals surface area contributed by atoms with Gasteiger partial charge < -0.3 is 10.1 Å². The molecule has 0 spiro atoms. The molecule has 7 heteroatoms. The fourth-order valence-electron chi connectivity index (χ4n) is 0.696. The Morgan fingerprint density at radius 1 is 1.46 bits per heavy atom. The van der Waals surface area contributed by atoms with E-state index in [4.69, 9.17) is 0 Å². The lowest BCUT2D eigenvalue weighted by molar-refractivity contribution is -0.392. The standard InChI is InChI=1S/C6H3F3N2O2/c7-3-1-2-4(5(8)9)10-6(3)11(12)13/h1-2,5H. The molecule has 1 rings (SSSR count). The first-order valence-corrected chi connectivity index (χ1v) is 3.11. The number of hydrogen-bond acceptors (Lipinski definition) is 3. The summed E-state index contributed by atoms with van der Waals surface area (Å²) < 4.78 is 36.4. The minimum atomic E-state index is -2.95. The average molecular weight is 192 g/mol. The normalized spacial score (nSPS) is 10.5. The first kappa shape index (κ1) is 9.43. The van der Waals surface area contributed by atoms with Gasteiger partial charge in [0, 0.05) is 0 Å². The molecule has 13 heavy (non-hydrogen) atoms. The van der Waals surface area contributed by atoms with Crippen molar-refractivity contribution in [1.82, 2.24) is 4.98 Å². The fourth-order valence-corrected chi connectivity index (χ4v) is 0.696. The summed E-state index contributed by atoms with van der Waals surface area (Å²) in [5.74, 6) is -2.41. The number of aromatic nitrogens is 1. The molecule has 0 N–H and O–H groups in total. The topological polar surface area (TPSA) is 56.0 Å². The molecule has 0 bridgehead atoms. The van der Waals surface area contributed by atoms with E-state index in [1.807, 2.05) is 0 Å². The monoisotopic (exact) mass is 192 g/mol. The van der Waals surface area contributed by atoms with Crippen LogP contribution in [0, 0.1) is 15.9 Å². The van der Waals surface area contributed by atoms with Crippen LogP contribution in [-0.2, 0) is 0 Å². The molecule has 0 unspecified atom stereocenters. The van der Waals surface area contributed by atoms with Crippen molar-refractivity contribution in [2.45, 2.75) is 6.43 Å². The zero-order chi connectivity index (χ0) is 10.0. The second kappa shape index (κ2) is 3.38. The van der Waals surface area contributed by atoms with E-state index in [2.05, 4.69) is 4.98 Å². The van der Waals surface area contributed by atoms with Gasteiger partial charge >= 0.3 is 12.2 Å². The van der Waals surface area contributed by atoms with E-state index in [1.165, 1.54) is 0 Å². The summed E-state index contributed by atoms with van der Waals surface area (Å²) in [6.45, 7) is 0. The molecule has 1 heterocycles. The Hall–Kier alpha value is -1.66. The van der Waals surface area contributed by atoms with Crippen LogP contribution in [0.4, 0.5) is 19.0 Å². The smallest absolute Gasteiger partial charge is 0.358 e. The lowest BCUT2D eigenvalue weighted by atomic mass is 10.3. The Labute approximate surface area is 70.2 Å². The number of nitro groups is 1. The summed E-state index contributed by atoms with van der Waals surface area (Å²) in [7, 11) is 0. The SMILES string of the molecule is O=[N+]([O-])c1nc(C(F)F)ccc1F. The van der Waals surface area contributed by atoms with Crippen molar-refractivity contribution in [3.05, 3.63) is 33.8 Å². The lowest BCUT2D eigenvalue weighted by Crippen LogP contribution is -1.99. The van der Waals surface area contributed by atoms with E-state index in [-0.39, 0.29) is 0 Å². The highest BCUT2D eigenvalue weighted by atomic mass is 19.3. The van der Waals surface area contributed by atoms with Gasteiger partial charge in [0.2, 0.25) is 11.5 Å². The van der Waals surface area contributed by atoms with E-state index in [0.717, 1.165) is 0 Å². The Morgan fingerprint density at radius 2 is 2.08 bits per heavy atom. The third kappa shape index (κ3) is 1.92. The molecule has 0 fully saturated rings. The predicted octanol–water partition coefficient (Wildman–Crippen LogP) is 2.07. The predicted molar refractivity (Wildman–Crippen MR) is 35.8 cm³/mol. The number of hydrogen-bond donors (Lipinski definition) is 0. The molecule has 0 saturated carbocycles. The second-order valence-electron chi connectivity index (χ2n) is 2.10. The first-order valence-electron chi connectivity index (χ1n) is 3.11. The summed E-state index contributed by atoms with van der Waals surface area (Å²) in [4.78, 5) is 11.8.